The van der Waals surface area contributed by atoms with Crippen LogP contribution in [-0.2, 0) is 42.2 Å². The number of hydrogen-bond acceptors (Lipinski definition) is 10. The Morgan fingerprint density at radius 2 is 0.667 bits per heavy atom. The molecule has 0 bridgehead atoms. The van der Waals surface area contributed by atoms with Crippen molar-refractivity contribution in [2.24, 2.45) is 0 Å². The van der Waals surface area contributed by atoms with Crippen LogP contribution in [0.2, 0.25) is 0 Å². The van der Waals surface area contributed by atoms with Gasteiger partial charge in [-0.3, -0.25) is 23.4 Å². The van der Waals surface area contributed by atoms with Crippen LogP contribution in [0.1, 0.15) is 265 Å². The second-order valence-corrected chi connectivity index (χ2v) is 21.9. The highest BCUT2D eigenvalue weighted by molar-refractivity contribution is 7.47. The molecule has 3 atom stereocenters. The van der Waals surface area contributed by atoms with Gasteiger partial charge in [-0.05, 0) is 122 Å². The van der Waals surface area contributed by atoms with E-state index in [2.05, 4.69) is 118 Å². The lowest BCUT2D eigenvalue weighted by atomic mass is 10.1. The molecular formula is C66H113O11P. The van der Waals surface area contributed by atoms with E-state index in [1.165, 1.54) is 96.3 Å². The summed E-state index contributed by atoms with van der Waals surface area (Å²) in [6.07, 6.45) is 70.7. The van der Waals surface area contributed by atoms with Crippen LogP contribution in [-0.4, -0.2) is 66.5 Å². The molecular weight excluding hydrogens is 1000 g/mol. The largest absolute Gasteiger partial charge is 0.472 e. The summed E-state index contributed by atoms with van der Waals surface area (Å²) < 4.78 is 39.6. The second-order valence-electron chi connectivity index (χ2n) is 20.5. The first-order valence-corrected chi connectivity index (χ1v) is 32.6. The number of esters is 3. The van der Waals surface area contributed by atoms with E-state index >= 15 is 0 Å². The highest BCUT2D eigenvalue weighted by Gasteiger charge is 2.28. The van der Waals surface area contributed by atoms with Crippen LogP contribution < -0.4 is 0 Å². The predicted molar refractivity (Wildman–Crippen MR) is 325 cm³/mol. The van der Waals surface area contributed by atoms with Crippen molar-refractivity contribution in [2.45, 2.75) is 277 Å². The summed E-state index contributed by atoms with van der Waals surface area (Å²) in [5.74, 6) is -1.52. The van der Waals surface area contributed by atoms with Crippen LogP contribution in [0.25, 0.3) is 0 Å². The molecule has 0 aliphatic heterocycles. The number of unbranched alkanes of at least 4 members (excludes halogenated alkanes) is 24. The topological polar surface area (TPSA) is 155 Å². The van der Waals surface area contributed by atoms with Gasteiger partial charge >= 0.3 is 25.7 Å². The summed E-state index contributed by atoms with van der Waals surface area (Å²) in [4.78, 5) is 48.7. The van der Waals surface area contributed by atoms with Crippen molar-refractivity contribution in [3.8, 4) is 0 Å². The highest BCUT2D eigenvalue weighted by atomic mass is 31.2. The fourth-order valence-corrected chi connectivity index (χ4v) is 9.01. The normalized spacial score (nSPS) is 14.0. The third-order valence-electron chi connectivity index (χ3n) is 13.0. The first-order chi connectivity index (χ1) is 38.2. The Balaban J connectivity index is 4.77. The first-order valence-electron chi connectivity index (χ1n) is 31.1. The minimum Gasteiger partial charge on any atom is -0.462 e. The van der Waals surface area contributed by atoms with Crippen LogP contribution in [0.3, 0.4) is 0 Å². The molecule has 0 saturated heterocycles. The molecule has 0 rings (SSSR count). The van der Waals surface area contributed by atoms with Crippen LogP contribution in [0.15, 0.2) is 97.2 Å². The van der Waals surface area contributed by atoms with E-state index in [4.69, 9.17) is 23.3 Å². The van der Waals surface area contributed by atoms with E-state index < -0.39 is 57.8 Å². The van der Waals surface area contributed by atoms with Gasteiger partial charge in [0.05, 0.1) is 19.8 Å². The lowest BCUT2D eigenvalue weighted by Gasteiger charge is -2.21. The zero-order valence-electron chi connectivity index (χ0n) is 49.6. The number of phosphoric ester groups is 1. The first kappa shape index (κ1) is 74.4. The smallest absolute Gasteiger partial charge is 0.462 e. The van der Waals surface area contributed by atoms with E-state index in [0.717, 1.165) is 109 Å². The van der Waals surface area contributed by atoms with Gasteiger partial charge in [-0.1, -0.05) is 221 Å². The van der Waals surface area contributed by atoms with Gasteiger partial charge < -0.3 is 24.2 Å². The van der Waals surface area contributed by atoms with Crippen molar-refractivity contribution in [3.63, 3.8) is 0 Å². The van der Waals surface area contributed by atoms with Gasteiger partial charge in [0.15, 0.2) is 6.10 Å². The van der Waals surface area contributed by atoms with E-state index in [0.29, 0.717) is 19.3 Å². The molecule has 0 aliphatic carbocycles. The molecule has 0 aromatic carbocycles. The second kappa shape index (κ2) is 59.5. The van der Waals surface area contributed by atoms with Crippen molar-refractivity contribution < 1.29 is 52.2 Å². The van der Waals surface area contributed by atoms with Gasteiger partial charge in [0, 0.05) is 19.3 Å². The Hall–Kier alpha value is -3.60. The summed E-state index contributed by atoms with van der Waals surface area (Å²) in [6.45, 7) is 4.44. The molecule has 0 heterocycles. The van der Waals surface area contributed by atoms with E-state index in [9.17, 15) is 28.9 Å². The van der Waals surface area contributed by atoms with Crippen molar-refractivity contribution >= 4 is 25.7 Å². The number of carbonyl (C=O) groups excluding carboxylic acids is 3. The molecule has 78 heavy (non-hydrogen) atoms. The van der Waals surface area contributed by atoms with Gasteiger partial charge in [-0.15, -0.1) is 0 Å². The molecule has 11 nitrogen and oxygen atoms in total. The van der Waals surface area contributed by atoms with Crippen molar-refractivity contribution in [1.82, 2.24) is 0 Å². The number of allylic oxidation sites excluding steroid dienone is 16. The molecule has 12 heteroatoms. The van der Waals surface area contributed by atoms with Gasteiger partial charge in [0.2, 0.25) is 0 Å². The van der Waals surface area contributed by atoms with Crippen molar-refractivity contribution in [2.75, 3.05) is 26.4 Å². The molecule has 0 fully saturated rings. The molecule has 0 aromatic heterocycles. The lowest BCUT2D eigenvalue weighted by Crippen LogP contribution is -2.30. The van der Waals surface area contributed by atoms with E-state index in [1.54, 1.807) is 0 Å². The molecule has 3 unspecified atom stereocenters. The van der Waals surface area contributed by atoms with E-state index in [1.807, 2.05) is 0 Å². The Labute approximate surface area is 476 Å². The summed E-state index contributed by atoms with van der Waals surface area (Å²) in [5, 5.41) is 9.83. The molecule has 0 aliphatic rings. The number of carbonyl (C=O) groups is 3. The molecule has 0 amide bonds. The third-order valence-corrected chi connectivity index (χ3v) is 13.9. The monoisotopic (exact) mass is 1110 g/mol. The molecule has 0 radical (unpaired) electrons. The zero-order valence-corrected chi connectivity index (χ0v) is 50.5. The average molecular weight is 1110 g/mol. The lowest BCUT2D eigenvalue weighted by molar-refractivity contribution is -0.161. The molecule has 0 aromatic rings. The Morgan fingerprint density at radius 3 is 1.05 bits per heavy atom. The molecule has 448 valence electrons. The van der Waals surface area contributed by atoms with Crippen molar-refractivity contribution in [1.29, 1.82) is 0 Å². The Morgan fingerprint density at radius 1 is 0.372 bits per heavy atom. The number of hydrogen-bond donors (Lipinski definition) is 2. The summed E-state index contributed by atoms with van der Waals surface area (Å²) >= 11 is 0. The van der Waals surface area contributed by atoms with Gasteiger partial charge in [0.25, 0.3) is 0 Å². The maximum Gasteiger partial charge on any atom is 0.472 e. The minimum absolute atomic E-state index is 0.121. The fraction of sp³-hybridized carbons (Fsp3) is 0.712. The molecule has 0 spiro atoms. The highest BCUT2D eigenvalue weighted by Crippen LogP contribution is 2.43. The standard InChI is InChI=1S/C66H113O11P/c1-4-7-10-13-16-19-22-25-28-30-31-33-35-37-40-43-46-49-52-55-64(68)73-59-63(77-66(70)57-54-51-48-45-42-39-36-32-29-26-23-20-17-14-11-8-5-2)61-75-78(71,72)74-60-62(58-67)76-65(69)56-53-50-47-44-41-38-34-27-24-21-18-15-12-9-6-3/h9,12,16-21,25-29,34,41,44,62-63,67H,4-8,10-11,13-15,22-24,30-33,35-40,42-43,45-61H2,1-3H3,(H,71,72)/b12-9-,19-16-,20-17-,21-18-,28-25-,29-26-,34-27-,44-41-. The number of aliphatic hydroxyl groups excluding tert-OH is 1. The van der Waals surface area contributed by atoms with Crippen molar-refractivity contribution in [3.05, 3.63) is 97.2 Å². The Kier molecular flexibility index (Phi) is 56.8. The fourth-order valence-electron chi connectivity index (χ4n) is 8.23. The van der Waals surface area contributed by atoms with Crippen LogP contribution in [0.4, 0.5) is 0 Å². The quantitative estimate of drug-likeness (QED) is 0.0197. The number of phosphoric acid groups is 1. The summed E-state index contributed by atoms with van der Waals surface area (Å²) in [6, 6.07) is 0. The zero-order chi connectivity index (χ0) is 56.9. The summed E-state index contributed by atoms with van der Waals surface area (Å²) in [7, 11) is -4.77. The maximum absolute atomic E-state index is 12.9. The molecule has 2 N–H and O–H groups in total. The number of ether oxygens (including phenoxy) is 3. The number of aliphatic hydroxyl groups is 1. The Bertz CT molecular complexity index is 1680. The average Bonchev–Trinajstić information content (AvgIpc) is 3.43. The van der Waals surface area contributed by atoms with Gasteiger partial charge in [-0.25, -0.2) is 4.57 Å². The van der Waals surface area contributed by atoms with Crippen LogP contribution in [0, 0.1) is 0 Å². The molecule has 0 saturated carbocycles. The van der Waals surface area contributed by atoms with Crippen LogP contribution in [0.5, 0.6) is 0 Å². The minimum atomic E-state index is -4.77. The van der Waals surface area contributed by atoms with Gasteiger partial charge in [-0.2, -0.15) is 0 Å². The third kappa shape index (κ3) is 57.1. The summed E-state index contributed by atoms with van der Waals surface area (Å²) in [5.41, 5.74) is 0. The number of rotatable bonds is 57. The van der Waals surface area contributed by atoms with Crippen LogP contribution >= 0.6 is 7.82 Å². The van der Waals surface area contributed by atoms with Gasteiger partial charge in [0.1, 0.15) is 12.7 Å². The SMILES string of the molecule is CC/C=C\C/C=C\C/C=C\C/C=C\CCCCC(=O)OC(CO)COP(=O)(O)OCC(COC(=O)CCCCCCCCCCC/C=C\C/C=C\CCCCC)OC(=O)CCCCCCCCC/C=C\C/C=C\CCCCC. The van der Waals surface area contributed by atoms with E-state index in [-0.39, 0.29) is 25.9 Å². The maximum atomic E-state index is 12.9. The predicted octanol–water partition coefficient (Wildman–Crippen LogP) is 18.8.